The van der Waals surface area contributed by atoms with Crippen molar-refractivity contribution in [2.24, 2.45) is 0 Å². The Labute approximate surface area is 113 Å². The molecule has 1 aliphatic carbocycles. The summed E-state index contributed by atoms with van der Waals surface area (Å²) in [4.78, 5) is 28.7. The van der Waals surface area contributed by atoms with E-state index in [0.717, 1.165) is 12.8 Å². The number of halogens is 1. The Bertz CT molecular complexity index is 488. The van der Waals surface area contributed by atoms with Crippen LogP contribution in [-0.2, 0) is 4.79 Å². The molecule has 5 nitrogen and oxygen atoms in total. The number of pyridine rings is 1. The van der Waals surface area contributed by atoms with Gasteiger partial charge in [0.15, 0.2) is 0 Å². The molecule has 1 aromatic heterocycles. The summed E-state index contributed by atoms with van der Waals surface area (Å²) in [5.41, 5.74) is 0.407. The van der Waals surface area contributed by atoms with Crippen LogP contribution in [0.1, 0.15) is 30.1 Å². The quantitative estimate of drug-likeness (QED) is 0.922. The van der Waals surface area contributed by atoms with Crippen molar-refractivity contribution in [1.82, 2.24) is 9.88 Å². The smallest absolute Gasteiger partial charge is 0.326 e. The fourth-order valence-corrected chi connectivity index (χ4v) is 2.17. The molecule has 2 rings (SSSR count). The summed E-state index contributed by atoms with van der Waals surface area (Å²) >= 11 is 3.25. The van der Waals surface area contributed by atoms with Gasteiger partial charge in [0.2, 0.25) is 0 Å². The van der Waals surface area contributed by atoms with Crippen molar-refractivity contribution < 1.29 is 14.7 Å². The molecule has 1 aliphatic rings. The fourth-order valence-electron chi connectivity index (χ4n) is 1.81. The number of nitrogens with zero attached hydrogens (tertiary/aromatic N) is 2. The molecule has 0 aromatic carbocycles. The van der Waals surface area contributed by atoms with Crippen molar-refractivity contribution >= 4 is 27.8 Å². The van der Waals surface area contributed by atoms with E-state index >= 15 is 0 Å². The molecule has 0 spiro atoms. The maximum Gasteiger partial charge on any atom is 0.326 e. The maximum absolute atomic E-state index is 12.3. The third-order valence-corrected chi connectivity index (χ3v) is 3.33. The highest BCUT2D eigenvalue weighted by molar-refractivity contribution is 9.10. The van der Waals surface area contributed by atoms with Crippen LogP contribution in [-0.4, -0.2) is 39.0 Å². The molecule has 6 heteroatoms. The summed E-state index contributed by atoms with van der Waals surface area (Å²) in [6, 6.07) is 0.880. The number of hydrogen-bond acceptors (Lipinski definition) is 3. The second-order valence-corrected chi connectivity index (χ2v) is 5.27. The van der Waals surface area contributed by atoms with Crippen molar-refractivity contribution in [2.75, 3.05) is 0 Å². The van der Waals surface area contributed by atoms with E-state index in [0.29, 0.717) is 10.0 Å². The number of amides is 1. The molecular weight excluding hydrogens is 300 g/mol. The number of aromatic nitrogens is 1. The van der Waals surface area contributed by atoms with E-state index < -0.39 is 12.0 Å². The summed E-state index contributed by atoms with van der Waals surface area (Å²) in [5.74, 6) is -1.26. The monoisotopic (exact) mass is 312 g/mol. The van der Waals surface area contributed by atoms with Crippen molar-refractivity contribution in [3.63, 3.8) is 0 Å². The lowest BCUT2D eigenvalue weighted by molar-refractivity contribution is -0.141. The van der Waals surface area contributed by atoms with Gasteiger partial charge in [-0.1, -0.05) is 0 Å². The number of rotatable bonds is 4. The molecule has 18 heavy (non-hydrogen) atoms. The van der Waals surface area contributed by atoms with Crippen LogP contribution in [0, 0.1) is 0 Å². The molecule has 0 radical (unpaired) electrons. The molecule has 1 atom stereocenters. The largest absolute Gasteiger partial charge is 0.480 e. The van der Waals surface area contributed by atoms with Gasteiger partial charge < -0.3 is 10.0 Å². The minimum absolute atomic E-state index is 0.0441. The second-order valence-electron chi connectivity index (χ2n) is 4.35. The first-order valence-electron chi connectivity index (χ1n) is 5.66. The van der Waals surface area contributed by atoms with Gasteiger partial charge in [-0.2, -0.15) is 0 Å². The first-order valence-corrected chi connectivity index (χ1v) is 6.46. The van der Waals surface area contributed by atoms with Gasteiger partial charge in [-0.3, -0.25) is 9.78 Å². The summed E-state index contributed by atoms with van der Waals surface area (Å²) in [5, 5.41) is 9.06. The van der Waals surface area contributed by atoms with E-state index in [-0.39, 0.29) is 11.9 Å². The van der Waals surface area contributed by atoms with E-state index in [1.807, 2.05) is 0 Å². The molecule has 0 bridgehead atoms. The van der Waals surface area contributed by atoms with Crippen LogP contribution in [0.15, 0.2) is 22.9 Å². The Hall–Kier alpha value is -1.43. The molecular formula is C12H13BrN2O3. The van der Waals surface area contributed by atoms with Gasteiger partial charge in [0.1, 0.15) is 6.04 Å². The second kappa shape index (κ2) is 5.06. The Kier molecular flexibility index (Phi) is 3.65. The molecule has 1 fully saturated rings. The Morgan fingerprint density at radius 1 is 1.50 bits per heavy atom. The number of carboxylic acids is 1. The zero-order valence-corrected chi connectivity index (χ0v) is 11.4. The van der Waals surface area contributed by atoms with Crippen LogP contribution < -0.4 is 0 Å². The number of hydrogen-bond donors (Lipinski definition) is 1. The van der Waals surface area contributed by atoms with Crippen LogP contribution in [0.3, 0.4) is 0 Å². The zero-order chi connectivity index (χ0) is 13.3. The van der Waals surface area contributed by atoms with Gasteiger partial charge in [0, 0.05) is 22.9 Å². The van der Waals surface area contributed by atoms with Crippen molar-refractivity contribution in [1.29, 1.82) is 0 Å². The van der Waals surface area contributed by atoms with E-state index in [4.69, 9.17) is 5.11 Å². The zero-order valence-electron chi connectivity index (χ0n) is 9.84. The number of carbonyl (C=O) groups is 2. The Morgan fingerprint density at radius 2 is 2.17 bits per heavy atom. The van der Waals surface area contributed by atoms with Crippen LogP contribution >= 0.6 is 15.9 Å². The number of carbonyl (C=O) groups excluding carboxylic acids is 1. The van der Waals surface area contributed by atoms with Crippen molar-refractivity contribution in [3.05, 3.63) is 28.5 Å². The van der Waals surface area contributed by atoms with Crippen molar-refractivity contribution in [2.45, 2.75) is 31.8 Å². The molecule has 1 N–H and O–H groups in total. The standard InChI is InChI=1S/C12H13BrN2O3/c1-7(12(17)18)15(10-2-3-10)11(16)8-4-9(13)6-14-5-8/h4-7,10H,2-3H2,1H3,(H,17,18). The minimum Gasteiger partial charge on any atom is -0.480 e. The SMILES string of the molecule is CC(C(=O)O)N(C(=O)c1cncc(Br)c1)C1CC1. The lowest BCUT2D eigenvalue weighted by Gasteiger charge is -2.26. The molecule has 96 valence electrons. The molecule has 0 saturated heterocycles. The van der Waals surface area contributed by atoms with Crippen LogP contribution in [0.5, 0.6) is 0 Å². The lowest BCUT2D eigenvalue weighted by atomic mass is 10.2. The summed E-state index contributed by atoms with van der Waals surface area (Å²) < 4.78 is 0.701. The third-order valence-electron chi connectivity index (χ3n) is 2.90. The third kappa shape index (κ3) is 2.69. The van der Waals surface area contributed by atoms with Gasteiger partial charge in [-0.25, -0.2) is 4.79 Å². The topological polar surface area (TPSA) is 70.5 Å². The summed E-state index contributed by atoms with van der Waals surface area (Å²) in [6.45, 7) is 1.53. The number of carboxylic acid groups (broad SMARTS) is 1. The highest BCUT2D eigenvalue weighted by atomic mass is 79.9. The predicted molar refractivity (Wildman–Crippen MR) is 68.2 cm³/mol. The van der Waals surface area contributed by atoms with Crippen LogP contribution in [0.2, 0.25) is 0 Å². The lowest BCUT2D eigenvalue weighted by Crippen LogP contribution is -2.44. The average molecular weight is 313 g/mol. The molecule has 0 aliphatic heterocycles. The molecule has 1 aromatic rings. The molecule has 1 heterocycles. The summed E-state index contributed by atoms with van der Waals surface area (Å²) in [7, 11) is 0. The van der Waals surface area contributed by atoms with Gasteiger partial charge in [-0.05, 0) is 41.8 Å². The molecule has 1 unspecified atom stereocenters. The van der Waals surface area contributed by atoms with E-state index in [2.05, 4.69) is 20.9 Å². The predicted octanol–water partition coefficient (Wildman–Crippen LogP) is 1.92. The maximum atomic E-state index is 12.3. The number of aliphatic carboxylic acids is 1. The molecule has 1 amide bonds. The normalized spacial score (nSPS) is 16.1. The van der Waals surface area contributed by atoms with E-state index in [1.54, 1.807) is 12.3 Å². The summed E-state index contributed by atoms with van der Waals surface area (Å²) in [6.07, 6.45) is 4.77. The van der Waals surface area contributed by atoms with Gasteiger partial charge >= 0.3 is 5.97 Å². The molecule has 1 saturated carbocycles. The van der Waals surface area contributed by atoms with Gasteiger partial charge in [-0.15, -0.1) is 0 Å². The fraction of sp³-hybridized carbons (Fsp3) is 0.417. The Balaban J connectivity index is 2.26. The first kappa shape index (κ1) is 13.0. The van der Waals surface area contributed by atoms with Crippen molar-refractivity contribution in [3.8, 4) is 0 Å². The Morgan fingerprint density at radius 3 is 2.67 bits per heavy atom. The van der Waals surface area contributed by atoms with Crippen LogP contribution in [0.4, 0.5) is 0 Å². The first-order chi connectivity index (χ1) is 8.50. The van der Waals surface area contributed by atoms with Gasteiger partial charge in [0.05, 0.1) is 5.56 Å². The van der Waals surface area contributed by atoms with Gasteiger partial charge in [0.25, 0.3) is 5.91 Å². The van der Waals surface area contributed by atoms with Crippen LogP contribution in [0.25, 0.3) is 0 Å². The van der Waals surface area contributed by atoms with E-state index in [9.17, 15) is 9.59 Å². The average Bonchev–Trinajstić information content (AvgIpc) is 3.13. The minimum atomic E-state index is -0.988. The highest BCUT2D eigenvalue weighted by Crippen LogP contribution is 2.30. The highest BCUT2D eigenvalue weighted by Gasteiger charge is 2.38. The van der Waals surface area contributed by atoms with E-state index in [1.165, 1.54) is 18.0 Å².